The van der Waals surface area contributed by atoms with E-state index in [1.807, 2.05) is 0 Å². The molecular weight excluding hydrogens is 291 g/mol. The lowest BCUT2D eigenvalue weighted by Gasteiger charge is -2.15. The van der Waals surface area contributed by atoms with Crippen molar-refractivity contribution in [2.45, 2.75) is 18.9 Å². The summed E-state index contributed by atoms with van der Waals surface area (Å²) in [4.78, 5) is 22.8. The van der Waals surface area contributed by atoms with Crippen molar-refractivity contribution in [3.8, 4) is 0 Å². The molecular formula is C12H12Cl2N2O3. The van der Waals surface area contributed by atoms with Gasteiger partial charge in [0.05, 0.1) is 15.7 Å². The topological polar surface area (TPSA) is 78.4 Å². The van der Waals surface area contributed by atoms with Gasteiger partial charge in [-0.1, -0.05) is 29.3 Å². The zero-order valence-electron chi connectivity index (χ0n) is 9.82. The lowest BCUT2D eigenvalue weighted by molar-refractivity contribution is -0.139. The Morgan fingerprint density at radius 2 is 1.84 bits per heavy atom. The van der Waals surface area contributed by atoms with Gasteiger partial charge in [-0.25, -0.2) is 9.59 Å². The van der Waals surface area contributed by atoms with Gasteiger partial charge in [-0.2, -0.15) is 0 Å². The fourth-order valence-corrected chi connectivity index (χ4v) is 2.21. The van der Waals surface area contributed by atoms with E-state index in [-0.39, 0.29) is 11.6 Å². The maximum absolute atomic E-state index is 11.8. The summed E-state index contributed by atoms with van der Waals surface area (Å²) in [6, 6.07) is 3.31. The van der Waals surface area contributed by atoms with Crippen LogP contribution in [0.4, 0.5) is 10.5 Å². The Kier molecular flexibility index (Phi) is 4.17. The van der Waals surface area contributed by atoms with E-state index >= 15 is 0 Å². The minimum atomic E-state index is -1.04. The number of hydrogen-bond acceptors (Lipinski definition) is 2. The number of rotatable bonds is 4. The van der Waals surface area contributed by atoms with Crippen molar-refractivity contribution in [2.24, 2.45) is 5.92 Å². The molecule has 1 saturated carbocycles. The molecule has 1 fully saturated rings. The van der Waals surface area contributed by atoms with E-state index in [0.717, 1.165) is 12.8 Å². The molecule has 1 unspecified atom stereocenters. The van der Waals surface area contributed by atoms with Crippen LogP contribution in [0.1, 0.15) is 12.8 Å². The highest BCUT2D eigenvalue weighted by Crippen LogP contribution is 2.33. The average molecular weight is 303 g/mol. The van der Waals surface area contributed by atoms with E-state index in [4.69, 9.17) is 28.3 Å². The van der Waals surface area contributed by atoms with E-state index in [1.54, 1.807) is 18.2 Å². The molecule has 0 aliphatic heterocycles. The van der Waals surface area contributed by atoms with Crippen LogP contribution in [0.15, 0.2) is 18.2 Å². The summed E-state index contributed by atoms with van der Waals surface area (Å²) in [5, 5.41) is 14.5. The molecule has 1 aromatic rings. The van der Waals surface area contributed by atoms with Crippen LogP contribution in [-0.4, -0.2) is 23.1 Å². The first-order valence-electron chi connectivity index (χ1n) is 5.73. The van der Waals surface area contributed by atoms with Gasteiger partial charge in [0.2, 0.25) is 0 Å². The lowest BCUT2D eigenvalue weighted by atomic mass is 10.2. The van der Waals surface area contributed by atoms with E-state index in [0.29, 0.717) is 10.0 Å². The monoisotopic (exact) mass is 302 g/mol. The summed E-state index contributed by atoms with van der Waals surface area (Å²) in [5.41, 5.74) is 0.267. The zero-order chi connectivity index (χ0) is 14.0. The van der Waals surface area contributed by atoms with E-state index in [2.05, 4.69) is 10.6 Å². The van der Waals surface area contributed by atoms with Crippen LogP contribution in [0.5, 0.6) is 0 Å². The predicted molar refractivity (Wildman–Crippen MR) is 72.8 cm³/mol. The summed E-state index contributed by atoms with van der Waals surface area (Å²) >= 11 is 11.8. The van der Waals surface area contributed by atoms with Crippen LogP contribution >= 0.6 is 23.2 Å². The minimum absolute atomic E-state index is 0.00460. The molecule has 3 N–H and O–H groups in total. The third kappa shape index (κ3) is 3.52. The maximum Gasteiger partial charge on any atom is 0.326 e. The Balaban J connectivity index is 2.02. The van der Waals surface area contributed by atoms with Crippen molar-refractivity contribution in [2.75, 3.05) is 5.32 Å². The van der Waals surface area contributed by atoms with Crippen molar-refractivity contribution in [3.05, 3.63) is 28.2 Å². The Bertz CT molecular complexity index is 497. The molecule has 0 bridgehead atoms. The zero-order valence-corrected chi connectivity index (χ0v) is 11.3. The van der Waals surface area contributed by atoms with Gasteiger partial charge in [0, 0.05) is 0 Å². The second-order valence-corrected chi connectivity index (χ2v) is 5.16. The van der Waals surface area contributed by atoms with Gasteiger partial charge >= 0.3 is 12.0 Å². The minimum Gasteiger partial charge on any atom is -0.480 e. The third-order valence-corrected chi connectivity index (χ3v) is 3.48. The van der Waals surface area contributed by atoms with Crippen LogP contribution < -0.4 is 10.6 Å². The van der Waals surface area contributed by atoms with Gasteiger partial charge in [0.15, 0.2) is 0 Å². The van der Waals surface area contributed by atoms with Crippen LogP contribution in [0.3, 0.4) is 0 Å². The first-order valence-corrected chi connectivity index (χ1v) is 6.49. The fraction of sp³-hybridized carbons (Fsp3) is 0.333. The number of carboxylic acids is 1. The molecule has 0 radical (unpaired) electrons. The largest absolute Gasteiger partial charge is 0.480 e. The van der Waals surface area contributed by atoms with Gasteiger partial charge in [-0.15, -0.1) is 0 Å². The maximum atomic E-state index is 11.8. The SMILES string of the molecule is O=C(Nc1c(Cl)cccc1Cl)NC(C(=O)O)C1CC1. The second kappa shape index (κ2) is 5.67. The smallest absolute Gasteiger partial charge is 0.326 e. The van der Waals surface area contributed by atoms with Crippen LogP contribution in [0, 0.1) is 5.92 Å². The quantitative estimate of drug-likeness (QED) is 0.800. The number of urea groups is 1. The van der Waals surface area contributed by atoms with Crippen LogP contribution in [0.2, 0.25) is 10.0 Å². The summed E-state index contributed by atoms with van der Waals surface area (Å²) in [6.45, 7) is 0. The Hall–Kier alpha value is -1.46. The number of halogens is 2. The number of carbonyl (C=O) groups is 2. The molecule has 5 nitrogen and oxygen atoms in total. The number of anilines is 1. The molecule has 0 saturated heterocycles. The molecule has 1 aliphatic carbocycles. The number of carboxylic acid groups (broad SMARTS) is 1. The highest BCUT2D eigenvalue weighted by Gasteiger charge is 2.37. The first-order chi connectivity index (χ1) is 8.99. The van der Waals surface area contributed by atoms with Gasteiger partial charge in [-0.3, -0.25) is 0 Å². The molecule has 19 heavy (non-hydrogen) atoms. The standard InChI is InChI=1S/C12H12Cl2N2O3/c13-7-2-1-3-8(14)10(7)16-12(19)15-9(11(17)18)6-4-5-6/h1-3,6,9H,4-5H2,(H,17,18)(H2,15,16,19). The fourth-order valence-electron chi connectivity index (χ4n) is 1.72. The van der Waals surface area contributed by atoms with Gasteiger partial charge in [0.1, 0.15) is 6.04 Å². The number of hydrogen-bond donors (Lipinski definition) is 3. The first kappa shape index (κ1) is 14.0. The Labute approximate surface area is 119 Å². The third-order valence-electron chi connectivity index (χ3n) is 2.85. The number of para-hydroxylation sites is 1. The molecule has 1 aliphatic rings. The summed E-state index contributed by atoms with van der Waals surface area (Å²) < 4.78 is 0. The summed E-state index contributed by atoms with van der Waals surface area (Å²) in [6.07, 6.45) is 1.62. The van der Waals surface area contributed by atoms with Crippen molar-refractivity contribution in [1.82, 2.24) is 5.32 Å². The molecule has 0 heterocycles. The van der Waals surface area contributed by atoms with Crippen molar-refractivity contribution in [3.63, 3.8) is 0 Å². The normalized spacial score (nSPS) is 15.7. The van der Waals surface area contributed by atoms with E-state index in [9.17, 15) is 9.59 Å². The highest BCUT2D eigenvalue weighted by atomic mass is 35.5. The number of nitrogens with one attached hydrogen (secondary N) is 2. The molecule has 2 rings (SSSR count). The Morgan fingerprint density at radius 3 is 2.32 bits per heavy atom. The van der Waals surface area contributed by atoms with Crippen LogP contribution in [-0.2, 0) is 4.79 Å². The van der Waals surface area contributed by atoms with Crippen molar-refractivity contribution >= 4 is 40.9 Å². The molecule has 1 atom stereocenters. The predicted octanol–water partition coefficient (Wildman–Crippen LogP) is 2.98. The van der Waals surface area contributed by atoms with Crippen molar-refractivity contribution < 1.29 is 14.7 Å². The average Bonchev–Trinajstić information content (AvgIpc) is 3.15. The van der Waals surface area contributed by atoms with E-state index < -0.39 is 18.0 Å². The molecule has 2 amide bonds. The van der Waals surface area contributed by atoms with Crippen LogP contribution in [0.25, 0.3) is 0 Å². The van der Waals surface area contributed by atoms with Gasteiger partial charge in [-0.05, 0) is 30.9 Å². The van der Waals surface area contributed by atoms with E-state index in [1.165, 1.54) is 0 Å². The molecule has 1 aromatic carbocycles. The summed E-state index contributed by atoms with van der Waals surface area (Å²) in [7, 11) is 0. The second-order valence-electron chi connectivity index (χ2n) is 4.35. The number of carbonyl (C=O) groups excluding carboxylic acids is 1. The number of aliphatic carboxylic acids is 1. The van der Waals surface area contributed by atoms with Gasteiger partial charge in [0.25, 0.3) is 0 Å². The van der Waals surface area contributed by atoms with Gasteiger partial charge < -0.3 is 15.7 Å². The number of benzene rings is 1. The summed E-state index contributed by atoms with van der Waals surface area (Å²) in [5.74, 6) is -1.03. The van der Waals surface area contributed by atoms with Crippen molar-refractivity contribution in [1.29, 1.82) is 0 Å². The molecule has 0 spiro atoms. The molecule has 0 aromatic heterocycles. The molecule has 102 valence electrons. The highest BCUT2D eigenvalue weighted by molar-refractivity contribution is 6.39. The molecule has 7 heteroatoms. The lowest BCUT2D eigenvalue weighted by Crippen LogP contribution is -2.44. The number of amides is 2. The Morgan fingerprint density at radius 1 is 1.26 bits per heavy atom.